The van der Waals surface area contributed by atoms with Crippen LogP contribution in [0.2, 0.25) is 0 Å². The van der Waals surface area contributed by atoms with Crippen LogP contribution in [0.15, 0.2) is 0 Å². The predicted octanol–water partition coefficient (Wildman–Crippen LogP) is 1.54. The van der Waals surface area contributed by atoms with Gasteiger partial charge in [0, 0.05) is 45.2 Å². The second kappa shape index (κ2) is 8.05. The molecule has 1 aromatic rings. The van der Waals surface area contributed by atoms with Gasteiger partial charge in [0.25, 0.3) is 0 Å². The number of likely N-dealkylation sites (tertiary alicyclic amines) is 2. The number of piperidine rings is 1. The molecule has 1 amide bonds. The van der Waals surface area contributed by atoms with Crippen LogP contribution in [0.1, 0.15) is 56.1 Å². The van der Waals surface area contributed by atoms with E-state index in [1.165, 1.54) is 25.9 Å². The Hall–Kier alpha value is -1.47. The minimum absolute atomic E-state index is 0.169. The van der Waals surface area contributed by atoms with Gasteiger partial charge in [-0.1, -0.05) is 0 Å². The Bertz CT molecular complexity index is 611. The summed E-state index contributed by atoms with van der Waals surface area (Å²) in [5.41, 5.74) is 0. The summed E-state index contributed by atoms with van der Waals surface area (Å²) in [5.74, 6) is 3.08. The number of carbonyl (C=O) groups excluding carboxylic acids is 1. The molecular formula is C19H31N5O2. The number of nitrogens with zero attached hydrogens (tertiary/aromatic N) is 5. The molecule has 4 heterocycles. The number of rotatable bonds is 4. The third-order valence-electron chi connectivity index (χ3n) is 6.30. The molecule has 7 heteroatoms. The van der Waals surface area contributed by atoms with Crippen LogP contribution in [0.5, 0.6) is 0 Å². The first-order valence-corrected chi connectivity index (χ1v) is 10.2. The number of hydrogen-bond donors (Lipinski definition) is 0. The fraction of sp³-hybridized carbons (Fsp3) is 0.842. The van der Waals surface area contributed by atoms with Gasteiger partial charge in [-0.25, -0.2) is 0 Å². The maximum atomic E-state index is 12.7. The average Bonchev–Trinajstić information content (AvgIpc) is 3.33. The van der Waals surface area contributed by atoms with Gasteiger partial charge in [0.05, 0.1) is 6.54 Å². The standard InChI is InChI=1S/C19H31N5O2/c1-22-17(14-23-8-2-3-9-23)20-21-18(22)15-4-10-24(11-5-15)19(25)16-6-12-26-13-7-16/h15-16H,2-14H2,1H3. The Morgan fingerprint density at radius 2 is 1.73 bits per heavy atom. The molecule has 3 aliphatic heterocycles. The van der Waals surface area contributed by atoms with Crippen molar-refractivity contribution in [3.8, 4) is 0 Å². The van der Waals surface area contributed by atoms with E-state index in [0.29, 0.717) is 11.8 Å². The quantitative estimate of drug-likeness (QED) is 0.814. The van der Waals surface area contributed by atoms with E-state index >= 15 is 0 Å². The fourth-order valence-corrected chi connectivity index (χ4v) is 4.57. The molecule has 4 rings (SSSR count). The van der Waals surface area contributed by atoms with Crippen LogP contribution in [0.25, 0.3) is 0 Å². The SMILES string of the molecule is Cn1c(CN2CCCC2)nnc1C1CCN(C(=O)C2CCOCC2)CC1. The molecule has 0 N–H and O–H groups in total. The topological polar surface area (TPSA) is 63.5 Å². The summed E-state index contributed by atoms with van der Waals surface area (Å²) < 4.78 is 7.58. The second-order valence-corrected chi connectivity index (χ2v) is 8.00. The highest BCUT2D eigenvalue weighted by Gasteiger charge is 2.31. The summed E-state index contributed by atoms with van der Waals surface area (Å²) in [5, 5.41) is 8.97. The number of hydrogen-bond acceptors (Lipinski definition) is 5. The van der Waals surface area contributed by atoms with Crippen LogP contribution < -0.4 is 0 Å². The van der Waals surface area contributed by atoms with Gasteiger partial charge in [0.15, 0.2) is 0 Å². The number of ether oxygens (including phenoxy) is 1. The van der Waals surface area contributed by atoms with Crippen molar-refractivity contribution < 1.29 is 9.53 Å². The molecule has 7 nitrogen and oxygen atoms in total. The van der Waals surface area contributed by atoms with Crippen molar-refractivity contribution in [1.82, 2.24) is 24.6 Å². The maximum Gasteiger partial charge on any atom is 0.225 e. The van der Waals surface area contributed by atoms with E-state index in [0.717, 1.165) is 70.2 Å². The average molecular weight is 361 g/mol. The van der Waals surface area contributed by atoms with E-state index < -0.39 is 0 Å². The summed E-state index contributed by atoms with van der Waals surface area (Å²) in [6, 6.07) is 0. The number of carbonyl (C=O) groups is 1. The van der Waals surface area contributed by atoms with E-state index in [1.54, 1.807) is 0 Å². The van der Waals surface area contributed by atoms with E-state index in [9.17, 15) is 4.79 Å². The van der Waals surface area contributed by atoms with Gasteiger partial charge in [0.1, 0.15) is 11.6 Å². The lowest BCUT2D eigenvalue weighted by Gasteiger charge is -2.34. The molecule has 0 bridgehead atoms. The van der Waals surface area contributed by atoms with Crippen molar-refractivity contribution in [2.45, 2.75) is 51.0 Å². The summed E-state index contributed by atoms with van der Waals surface area (Å²) in [7, 11) is 2.10. The van der Waals surface area contributed by atoms with Gasteiger partial charge in [-0.3, -0.25) is 9.69 Å². The van der Waals surface area contributed by atoms with Gasteiger partial charge in [-0.15, -0.1) is 10.2 Å². The predicted molar refractivity (Wildman–Crippen MR) is 97.6 cm³/mol. The Kier molecular flexibility index (Phi) is 5.55. The molecule has 0 unspecified atom stereocenters. The van der Waals surface area contributed by atoms with Gasteiger partial charge in [0.2, 0.25) is 5.91 Å². The first-order valence-electron chi connectivity index (χ1n) is 10.2. The lowest BCUT2D eigenvalue weighted by molar-refractivity contribution is -0.139. The Balaban J connectivity index is 1.33. The van der Waals surface area contributed by atoms with E-state index in [1.807, 2.05) is 0 Å². The van der Waals surface area contributed by atoms with Crippen LogP contribution >= 0.6 is 0 Å². The summed E-state index contributed by atoms with van der Waals surface area (Å²) in [6.07, 6.45) is 6.33. The molecule has 1 aromatic heterocycles. The third kappa shape index (κ3) is 3.78. The molecule has 3 aliphatic rings. The zero-order valence-electron chi connectivity index (χ0n) is 15.9. The molecule has 3 saturated heterocycles. The minimum Gasteiger partial charge on any atom is -0.381 e. The van der Waals surface area contributed by atoms with Crippen molar-refractivity contribution in [3.63, 3.8) is 0 Å². The maximum absolute atomic E-state index is 12.7. The Morgan fingerprint density at radius 3 is 2.42 bits per heavy atom. The van der Waals surface area contributed by atoms with E-state index in [2.05, 4.69) is 31.6 Å². The first-order chi connectivity index (χ1) is 12.7. The fourth-order valence-electron chi connectivity index (χ4n) is 4.57. The molecule has 0 atom stereocenters. The van der Waals surface area contributed by atoms with Gasteiger partial charge < -0.3 is 14.2 Å². The number of amides is 1. The third-order valence-corrected chi connectivity index (χ3v) is 6.30. The smallest absolute Gasteiger partial charge is 0.225 e. The minimum atomic E-state index is 0.169. The van der Waals surface area contributed by atoms with Crippen molar-refractivity contribution in [2.24, 2.45) is 13.0 Å². The van der Waals surface area contributed by atoms with Crippen LogP contribution in [-0.2, 0) is 23.1 Å². The van der Waals surface area contributed by atoms with Crippen LogP contribution in [0.4, 0.5) is 0 Å². The second-order valence-electron chi connectivity index (χ2n) is 8.00. The highest BCUT2D eigenvalue weighted by Crippen LogP contribution is 2.29. The Labute approximate surface area is 155 Å². The highest BCUT2D eigenvalue weighted by molar-refractivity contribution is 5.79. The molecule has 0 aromatic carbocycles. The van der Waals surface area contributed by atoms with Crippen molar-refractivity contribution >= 4 is 5.91 Å². The first kappa shape index (κ1) is 17.9. The molecule has 26 heavy (non-hydrogen) atoms. The Morgan fingerprint density at radius 1 is 1.04 bits per heavy atom. The molecule has 3 fully saturated rings. The number of aromatic nitrogens is 3. The highest BCUT2D eigenvalue weighted by atomic mass is 16.5. The lowest BCUT2D eigenvalue weighted by Crippen LogP contribution is -2.43. The molecule has 0 radical (unpaired) electrons. The summed E-state index contributed by atoms with van der Waals surface area (Å²) in [6.45, 7) is 6.40. The van der Waals surface area contributed by atoms with Crippen molar-refractivity contribution in [2.75, 3.05) is 39.4 Å². The van der Waals surface area contributed by atoms with Crippen LogP contribution in [0, 0.1) is 5.92 Å². The molecule has 0 spiro atoms. The van der Waals surface area contributed by atoms with Gasteiger partial charge >= 0.3 is 0 Å². The molecule has 144 valence electrons. The van der Waals surface area contributed by atoms with Crippen molar-refractivity contribution in [3.05, 3.63) is 11.6 Å². The normalized spacial score (nSPS) is 23.7. The van der Waals surface area contributed by atoms with E-state index in [-0.39, 0.29) is 5.92 Å². The van der Waals surface area contributed by atoms with E-state index in [4.69, 9.17) is 4.74 Å². The largest absolute Gasteiger partial charge is 0.381 e. The van der Waals surface area contributed by atoms with Crippen molar-refractivity contribution in [1.29, 1.82) is 0 Å². The van der Waals surface area contributed by atoms with Gasteiger partial charge in [-0.2, -0.15) is 0 Å². The van der Waals surface area contributed by atoms with Crippen LogP contribution in [0.3, 0.4) is 0 Å². The summed E-state index contributed by atoms with van der Waals surface area (Å²) in [4.78, 5) is 17.2. The molecule has 0 saturated carbocycles. The lowest BCUT2D eigenvalue weighted by atomic mass is 9.93. The molecule has 0 aliphatic carbocycles. The van der Waals surface area contributed by atoms with Crippen LogP contribution in [-0.4, -0.2) is 69.9 Å². The summed E-state index contributed by atoms with van der Waals surface area (Å²) >= 11 is 0. The molecular weight excluding hydrogens is 330 g/mol. The zero-order chi connectivity index (χ0) is 17.9. The monoisotopic (exact) mass is 361 g/mol. The van der Waals surface area contributed by atoms with Gasteiger partial charge in [-0.05, 0) is 51.6 Å². The zero-order valence-corrected chi connectivity index (χ0v) is 15.9.